The Hall–Kier alpha value is -0.660. The van der Waals surface area contributed by atoms with E-state index in [0.717, 1.165) is 19.3 Å². The van der Waals surface area contributed by atoms with E-state index >= 15 is 0 Å². The molecule has 6 nitrogen and oxygen atoms in total. The highest BCUT2D eigenvalue weighted by Crippen LogP contribution is 2.20. The molecule has 1 unspecified atom stereocenters. The molecule has 0 aromatic heterocycles. The van der Waals surface area contributed by atoms with E-state index in [1.54, 1.807) is 0 Å². The van der Waals surface area contributed by atoms with Crippen LogP contribution in [0.15, 0.2) is 0 Å². The van der Waals surface area contributed by atoms with Crippen LogP contribution in [0, 0.1) is 0 Å². The van der Waals surface area contributed by atoms with Crippen molar-refractivity contribution in [2.24, 2.45) is 0 Å². The van der Waals surface area contributed by atoms with Crippen LogP contribution >= 0.6 is 0 Å². The van der Waals surface area contributed by atoms with E-state index in [-0.39, 0.29) is 6.61 Å². The molecule has 1 heterocycles. The molecule has 0 aliphatic carbocycles. The minimum absolute atomic E-state index is 0.202. The maximum Gasteiger partial charge on any atom is 0.304 e. The summed E-state index contributed by atoms with van der Waals surface area (Å²) < 4.78 is 25.2. The zero-order valence-corrected chi connectivity index (χ0v) is 10.5. The quantitative estimate of drug-likeness (QED) is 0.731. The van der Waals surface area contributed by atoms with E-state index < -0.39 is 34.2 Å². The highest BCUT2D eigenvalue weighted by atomic mass is 32.2. The summed E-state index contributed by atoms with van der Waals surface area (Å²) in [5, 5.41) is 17.7. The lowest BCUT2D eigenvalue weighted by atomic mass is 10.1. The van der Waals surface area contributed by atoms with Crippen LogP contribution in [0.3, 0.4) is 0 Å². The molecule has 0 aromatic rings. The van der Waals surface area contributed by atoms with Crippen molar-refractivity contribution < 1.29 is 23.4 Å². The monoisotopic (exact) mass is 265 g/mol. The standard InChI is InChI=1S/C10H19NO5S/c12-8-9-4-2-1-3-6-11(9)17(15,16)7-5-10(13)14/h9,12H,1-8H2,(H,13,14). The van der Waals surface area contributed by atoms with Crippen molar-refractivity contribution in [3.8, 4) is 0 Å². The average Bonchev–Trinajstić information content (AvgIpc) is 2.51. The Morgan fingerprint density at radius 1 is 1.29 bits per heavy atom. The number of rotatable bonds is 5. The Morgan fingerprint density at radius 2 is 2.00 bits per heavy atom. The molecule has 0 aromatic carbocycles. The number of sulfonamides is 1. The Morgan fingerprint density at radius 3 is 2.59 bits per heavy atom. The molecular formula is C10H19NO5S. The molecule has 2 N–H and O–H groups in total. The maximum absolute atomic E-state index is 12.0. The van der Waals surface area contributed by atoms with Gasteiger partial charge in [0.2, 0.25) is 10.0 Å². The second kappa shape index (κ2) is 6.32. The molecule has 1 fully saturated rings. The number of aliphatic hydroxyl groups is 1. The van der Waals surface area contributed by atoms with Crippen molar-refractivity contribution in [3.63, 3.8) is 0 Å². The second-order valence-corrected chi connectivity index (χ2v) is 6.30. The first-order valence-electron chi connectivity index (χ1n) is 5.79. The molecule has 1 aliphatic heterocycles. The van der Waals surface area contributed by atoms with Crippen molar-refractivity contribution >= 4 is 16.0 Å². The van der Waals surface area contributed by atoms with Crippen molar-refractivity contribution in [3.05, 3.63) is 0 Å². The van der Waals surface area contributed by atoms with Gasteiger partial charge in [-0.3, -0.25) is 4.79 Å². The number of nitrogens with zero attached hydrogens (tertiary/aromatic N) is 1. The Bertz CT molecular complexity index is 354. The summed E-state index contributed by atoms with van der Waals surface area (Å²) in [5.74, 6) is -1.51. The first-order chi connectivity index (χ1) is 7.97. The minimum Gasteiger partial charge on any atom is -0.481 e. The third kappa shape index (κ3) is 4.25. The Balaban J connectivity index is 2.74. The fourth-order valence-corrected chi connectivity index (χ4v) is 3.73. The van der Waals surface area contributed by atoms with E-state index in [0.29, 0.717) is 13.0 Å². The molecule has 7 heteroatoms. The van der Waals surface area contributed by atoms with Crippen LogP contribution in [0.4, 0.5) is 0 Å². The van der Waals surface area contributed by atoms with Gasteiger partial charge in [-0.25, -0.2) is 8.42 Å². The van der Waals surface area contributed by atoms with Gasteiger partial charge in [0.15, 0.2) is 0 Å². The van der Waals surface area contributed by atoms with Gasteiger partial charge in [0.25, 0.3) is 0 Å². The second-order valence-electron chi connectivity index (χ2n) is 4.26. The minimum atomic E-state index is -3.57. The fourth-order valence-electron chi connectivity index (χ4n) is 2.03. The van der Waals surface area contributed by atoms with Gasteiger partial charge in [-0.15, -0.1) is 0 Å². The van der Waals surface area contributed by atoms with Crippen LogP contribution < -0.4 is 0 Å². The van der Waals surface area contributed by atoms with Crippen LogP contribution in [-0.4, -0.2) is 53.9 Å². The molecule has 1 aliphatic rings. The lowest BCUT2D eigenvalue weighted by Crippen LogP contribution is -2.43. The van der Waals surface area contributed by atoms with Gasteiger partial charge in [0.1, 0.15) is 0 Å². The van der Waals surface area contributed by atoms with Crippen LogP contribution in [0.5, 0.6) is 0 Å². The summed E-state index contributed by atoms with van der Waals surface area (Å²) in [6, 6.07) is -0.392. The molecule has 1 rings (SSSR count). The average molecular weight is 265 g/mol. The van der Waals surface area contributed by atoms with Crippen LogP contribution in [0.2, 0.25) is 0 Å². The van der Waals surface area contributed by atoms with Gasteiger partial charge in [0, 0.05) is 12.6 Å². The van der Waals surface area contributed by atoms with Gasteiger partial charge in [-0.05, 0) is 12.8 Å². The molecule has 100 valence electrons. The number of carboxylic acids is 1. The topological polar surface area (TPSA) is 94.9 Å². The molecule has 0 amide bonds. The number of aliphatic hydroxyl groups excluding tert-OH is 1. The Kier molecular flexibility index (Phi) is 5.35. The lowest BCUT2D eigenvalue weighted by molar-refractivity contribution is -0.136. The van der Waals surface area contributed by atoms with Gasteiger partial charge in [0.05, 0.1) is 18.8 Å². The van der Waals surface area contributed by atoms with E-state index in [1.807, 2.05) is 0 Å². The number of hydrogen-bond donors (Lipinski definition) is 2. The maximum atomic E-state index is 12.0. The van der Waals surface area contributed by atoms with E-state index in [9.17, 15) is 18.3 Å². The normalized spacial score (nSPS) is 23.2. The van der Waals surface area contributed by atoms with E-state index in [1.165, 1.54) is 4.31 Å². The SMILES string of the molecule is O=C(O)CCS(=O)(=O)N1CCCCCC1CO. The molecule has 0 radical (unpaired) electrons. The van der Waals surface area contributed by atoms with Crippen LogP contribution in [-0.2, 0) is 14.8 Å². The summed E-state index contributed by atoms with van der Waals surface area (Å²) in [6.07, 6.45) is 2.86. The highest BCUT2D eigenvalue weighted by Gasteiger charge is 2.30. The summed E-state index contributed by atoms with van der Waals surface area (Å²) in [7, 11) is -3.57. The molecule has 1 atom stereocenters. The lowest BCUT2D eigenvalue weighted by Gasteiger charge is -2.27. The van der Waals surface area contributed by atoms with Crippen LogP contribution in [0.1, 0.15) is 32.1 Å². The molecule has 0 bridgehead atoms. The summed E-state index contributed by atoms with van der Waals surface area (Å²) >= 11 is 0. The van der Waals surface area contributed by atoms with Crippen molar-refractivity contribution in [2.75, 3.05) is 18.9 Å². The summed E-state index contributed by atoms with van der Waals surface area (Å²) in [6.45, 7) is 0.180. The zero-order chi connectivity index (χ0) is 12.9. The molecular weight excluding hydrogens is 246 g/mol. The molecule has 0 saturated carbocycles. The highest BCUT2D eigenvalue weighted by molar-refractivity contribution is 7.89. The van der Waals surface area contributed by atoms with Gasteiger partial charge >= 0.3 is 5.97 Å². The van der Waals surface area contributed by atoms with Crippen molar-refractivity contribution in [1.29, 1.82) is 0 Å². The number of aliphatic carboxylic acids is 1. The summed E-state index contributed by atoms with van der Waals surface area (Å²) in [5.41, 5.74) is 0. The zero-order valence-electron chi connectivity index (χ0n) is 9.71. The predicted octanol–water partition coefficient (Wildman–Crippen LogP) is 0.0278. The fraction of sp³-hybridized carbons (Fsp3) is 0.900. The van der Waals surface area contributed by atoms with Crippen LogP contribution in [0.25, 0.3) is 0 Å². The van der Waals surface area contributed by atoms with Crippen molar-refractivity contribution in [1.82, 2.24) is 4.31 Å². The third-order valence-electron chi connectivity index (χ3n) is 2.97. The van der Waals surface area contributed by atoms with Crippen molar-refractivity contribution in [2.45, 2.75) is 38.1 Å². The number of hydrogen-bond acceptors (Lipinski definition) is 4. The predicted molar refractivity (Wildman–Crippen MR) is 62.1 cm³/mol. The van der Waals surface area contributed by atoms with E-state index in [4.69, 9.17) is 5.11 Å². The molecule has 1 saturated heterocycles. The summed E-state index contributed by atoms with van der Waals surface area (Å²) in [4.78, 5) is 10.4. The number of carbonyl (C=O) groups is 1. The smallest absolute Gasteiger partial charge is 0.304 e. The first kappa shape index (κ1) is 14.4. The van der Waals surface area contributed by atoms with E-state index in [2.05, 4.69) is 0 Å². The molecule has 0 spiro atoms. The number of carboxylic acid groups (broad SMARTS) is 1. The van der Waals surface area contributed by atoms with Gasteiger partial charge < -0.3 is 10.2 Å². The Labute approximate surface area is 101 Å². The largest absolute Gasteiger partial charge is 0.481 e. The third-order valence-corrected chi connectivity index (χ3v) is 4.88. The first-order valence-corrected chi connectivity index (χ1v) is 7.40. The molecule has 17 heavy (non-hydrogen) atoms. The van der Waals surface area contributed by atoms with Gasteiger partial charge in [-0.1, -0.05) is 12.8 Å². The van der Waals surface area contributed by atoms with Gasteiger partial charge in [-0.2, -0.15) is 4.31 Å².